The van der Waals surface area contributed by atoms with Gasteiger partial charge in [-0.3, -0.25) is 9.80 Å². The first kappa shape index (κ1) is 7.56. The van der Waals surface area contributed by atoms with E-state index < -0.39 is 0 Å². The Balaban J connectivity index is 1.73. The molecular formula is C9H18N2. The topological polar surface area (TPSA) is 6.48 Å². The Labute approximate surface area is 69.2 Å². The van der Waals surface area contributed by atoms with Crippen molar-refractivity contribution in [3.63, 3.8) is 0 Å². The first-order valence-electron chi connectivity index (χ1n) is 4.75. The van der Waals surface area contributed by atoms with Crippen LogP contribution in [0.3, 0.4) is 0 Å². The van der Waals surface area contributed by atoms with Crippen molar-refractivity contribution in [1.82, 2.24) is 9.80 Å². The Morgan fingerprint density at radius 1 is 1.00 bits per heavy atom. The highest BCUT2D eigenvalue weighted by molar-refractivity contribution is 4.83. The quantitative estimate of drug-likeness (QED) is 0.588. The van der Waals surface area contributed by atoms with Gasteiger partial charge in [-0.15, -0.1) is 0 Å². The van der Waals surface area contributed by atoms with Crippen LogP contribution in [0.5, 0.6) is 0 Å². The van der Waals surface area contributed by atoms with Gasteiger partial charge in [0.1, 0.15) is 0 Å². The summed E-state index contributed by atoms with van der Waals surface area (Å²) in [5.41, 5.74) is 0. The van der Waals surface area contributed by atoms with Crippen LogP contribution in [0.4, 0.5) is 0 Å². The molecular weight excluding hydrogens is 136 g/mol. The summed E-state index contributed by atoms with van der Waals surface area (Å²) < 4.78 is 0. The Kier molecular flexibility index (Phi) is 1.90. The summed E-state index contributed by atoms with van der Waals surface area (Å²) in [6.45, 7) is 8.53. The maximum Gasteiger partial charge on any atom is 0.0511 e. The number of nitrogens with zero attached hydrogens (tertiary/aromatic N) is 2. The third kappa shape index (κ3) is 1.30. The molecule has 11 heavy (non-hydrogen) atoms. The second-order valence-corrected chi connectivity index (χ2v) is 4.04. The molecule has 0 saturated carbocycles. The van der Waals surface area contributed by atoms with Crippen molar-refractivity contribution in [3.05, 3.63) is 0 Å². The van der Waals surface area contributed by atoms with Gasteiger partial charge in [0.2, 0.25) is 0 Å². The van der Waals surface area contributed by atoms with Gasteiger partial charge in [0, 0.05) is 25.2 Å². The van der Waals surface area contributed by atoms with Gasteiger partial charge in [0.25, 0.3) is 0 Å². The molecule has 2 aliphatic rings. The molecule has 2 atom stereocenters. The average Bonchev–Trinajstić information content (AvgIpc) is 1.99. The summed E-state index contributed by atoms with van der Waals surface area (Å²) in [5, 5.41) is 0. The van der Waals surface area contributed by atoms with Crippen LogP contribution in [-0.2, 0) is 0 Å². The van der Waals surface area contributed by atoms with Crippen molar-refractivity contribution in [2.24, 2.45) is 0 Å². The molecule has 2 heteroatoms. The third-order valence-electron chi connectivity index (χ3n) is 3.28. The van der Waals surface area contributed by atoms with Crippen LogP contribution in [-0.4, -0.2) is 41.6 Å². The van der Waals surface area contributed by atoms with Gasteiger partial charge in [-0.1, -0.05) is 0 Å². The molecule has 2 unspecified atom stereocenters. The Hall–Kier alpha value is -0.0800. The van der Waals surface area contributed by atoms with Gasteiger partial charge in [0.05, 0.1) is 6.67 Å². The minimum absolute atomic E-state index is 0.850. The second-order valence-electron chi connectivity index (χ2n) is 4.04. The van der Waals surface area contributed by atoms with Crippen LogP contribution in [0.1, 0.15) is 26.7 Å². The van der Waals surface area contributed by atoms with Gasteiger partial charge in [-0.05, 0) is 26.7 Å². The van der Waals surface area contributed by atoms with E-state index in [1.807, 2.05) is 0 Å². The normalized spacial score (nSPS) is 39.8. The minimum Gasteiger partial charge on any atom is -0.288 e. The Morgan fingerprint density at radius 2 is 1.45 bits per heavy atom. The minimum atomic E-state index is 0.850. The summed E-state index contributed by atoms with van der Waals surface area (Å²) in [6, 6.07) is 1.70. The molecule has 0 aromatic rings. The molecule has 2 rings (SSSR count). The van der Waals surface area contributed by atoms with Gasteiger partial charge in [0.15, 0.2) is 0 Å². The second kappa shape index (κ2) is 2.76. The Morgan fingerprint density at radius 3 is 1.64 bits per heavy atom. The molecule has 0 amide bonds. The lowest BCUT2D eigenvalue weighted by Crippen LogP contribution is -2.57. The highest BCUT2D eigenvalue weighted by atomic mass is 15.4. The molecule has 0 aliphatic carbocycles. The van der Waals surface area contributed by atoms with Crippen LogP contribution in [0.15, 0.2) is 0 Å². The number of hydrogen-bond donors (Lipinski definition) is 0. The van der Waals surface area contributed by atoms with E-state index >= 15 is 0 Å². The van der Waals surface area contributed by atoms with E-state index in [0.29, 0.717) is 0 Å². The third-order valence-corrected chi connectivity index (χ3v) is 3.28. The molecule has 2 saturated heterocycles. The zero-order chi connectivity index (χ0) is 7.84. The summed E-state index contributed by atoms with van der Waals surface area (Å²) in [7, 11) is 0. The molecule has 0 aromatic heterocycles. The average molecular weight is 154 g/mol. The summed E-state index contributed by atoms with van der Waals surface area (Å²) in [4.78, 5) is 5.13. The van der Waals surface area contributed by atoms with E-state index in [4.69, 9.17) is 0 Å². The van der Waals surface area contributed by atoms with Crippen LogP contribution in [0.2, 0.25) is 0 Å². The lowest BCUT2D eigenvalue weighted by molar-refractivity contribution is -0.0198. The molecule has 2 nitrogen and oxygen atoms in total. The molecule has 64 valence electrons. The number of rotatable bonds is 2. The predicted molar refractivity (Wildman–Crippen MR) is 46.4 cm³/mol. The van der Waals surface area contributed by atoms with Crippen molar-refractivity contribution in [3.8, 4) is 0 Å². The van der Waals surface area contributed by atoms with E-state index in [-0.39, 0.29) is 0 Å². The molecule has 0 radical (unpaired) electrons. The molecule has 0 bridgehead atoms. The van der Waals surface area contributed by atoms with Crippen molar-refractivity contribution in [2.75, 3.05) is 19.8 Å². The fourth-order valence-corrected chi connectivity index (χ4v) is 1.79. The lowest BCUT2D eigenvalue weighted by atomic mass is 10.0. The van der Waals surface area contributed by atoms with E-state index in [2.05, 4.69) is 23.6 Å². The van der Waals surface area contributed by atoms with Crippen LogP contribution in [0.25, 0.3) is 0 Å². The zero-order valence-corrected chi connectivity index (χ0v) is 7.58. The Bertz CT molecular complexity index is 130. The lowest BCUT2D eigenvalue weighted by Gasteiger charge is -2.47. The van der Waals surface area contributed by atoms with Crippen molar-refractivity contribution in [1.29, 1.82) is 0 Å². The number of likely N-dealkylation sites (tertiary alicyclic amines) is 2. The van der Waals surface area contributed by atoms with Gasteiger partial charge < -0.3 is 0 Å². The first-order chi connectivity index (χ1) is 5.27. The molecule has 0 spiro atoms. The molecule has 2 heterocycles. The van der Waals surface area contributed by atoms with Gasteiger partial charge >= 0.3 is 0 Å². The highest BCUT2D eigenvalue weighted by Gasteiger charge is 2.30. The monoisotopic (exact) mass is 154 g/mol. The van der Waals surface area contributed by atoms with E-state index in [0.717, 1.165) is 12.1 Å². The van der Waals surface area contributed by atoms with Crippen molar-refractivity contribution < 1.29 is 0 Å². The largest absolute Gasteiger partial charge is 0.288 e. The molecule has 2 aliphatic heterocycles. The van der Waals surface area contributed by atoms with Crippen molar-refractivity contribution >= 4 is 0 Å². The SMILES string of the molecule is CC1CCN1CN1CCC1C. The number of hydrogen-bond acceptors (Lipinski definition) is 2. The zero-order valence-electron chi connectivity index (χ0n) is 7.58. The highest BCUT2D eigenvalue weighted by Crippen LogP contribution is 2.22. The van der Waals surface area contributed by atoms with Crippen LogP contribution in [0, 0.1) is 0 Å². The standard InChI is InChI=1S/C9H18N2/c1-8-3-5-10(8)7-11-6-4-9(11)2/h8-9H,3-7H2,1-2H3. The van der Waals surface area contributed by atoms with Gasteiger partial charge in [-0.2, -0.15) is 0 Å². The first-order valence-corrected chi connectivity index (χ1v) is 4.75. The predicted octanol–water partition coefficient (Wildman–Crippen LogP) is 1.13. The van der Waals surface area contributed by atoms with Crippen LogP contribution >= 0.6 is 0 Å². The smallest absolute Gasteiger partial charge is 0.0511 e. The van der Waals surface area contributed by atoms with E-state index in [1.54, 1.807) is 0 Å². The van der Waals surface area contributed by atoms with E-state index in [1.165, 1.54) is 32.6 Å². The summed E-state index contributed by atoms with van der Waals surface area (Å²) in [5.74, 6) is 0. The molecule has 0 aromatic carbocycles. The summed E-state index contributed by atoms with van der Waals surface area (Å²) >= 11 is 0. The fourth-order valence-electron chi connectivity index (χ4n) is 1.79. The fraction of sp³-hybridized carbons (Fsp3) is 1.00. The summed E-state index contributed by atoms with van der Waals surface area (Å²) in [6.07, 6.45) is 2.81. The van der Waals surface area contributed by atoms with Crippen molar-refractivity contribution in [2.45, 2.75) is 38.8 Å². The maximum atomic E-state index is 2.57. The van der Waals surface area contributed by atoms with E-state index in [9.17, 15) is 0 Å². The van der Waals surface area contributed by atoms with Gasteiger partial charge in [-0.25, -0.2) is 0 Å². The molecule has 2 fully saturated rings. The van der Waals surface area contributed by atoms with Crippen LogP contribution < -0.4 is 0 Å². The molecule has 0 N–H and O–H groups in total. The maximum absolute atomic E-state index is 2.57.